The summed E-state index contributed by atoms with van der Waals surface area (Å²) in [7, 11) is 0. The lowest BCUT2D eigenvalue weighted by Gasteiger charge is -2.34. The number of ether oxygens (including phenoxy) is 1. The largest absolute Gasteiger partial charge is 0.378 e. The number of carbonyl (C=O) groups is 1. The topological polar surface area (TPSA) is 48.9 Å². The van der Waals surface area contributed by atoms with Crippen LogP contribution in [0.5, 0.6) is 0 Å². The summed E-state index contributed by atoms with van der Waals surface area (Å²) >= 11 is 1.67. The van der Waals surface area contributed by atoms with Crippen LogP contribution in [0, 0.1) is 0 Å². The molecule has 1 aromatic carbocycles. The number of amides is 1. The van der Waals surface area contributed by atoms with E-state index in [-0.39, 0.29) is 5.91 Å². The van der Waals surface area contributed by atoms with Crippen LogP contribution in [0.4, 0.5) is 5.13 Å². The molecule has 0 spiro atoms. The number of aromatic nitrogens is 1. The molecule has 0 saturated carbocycles. The molecule has 0 radical (unpaired) electrons. The van der Waals surface area contributed by atoms with Crippen LogP contribution < -0.4 is 4.90 Å². The maximum absolute atomic E-state index is 12.9. The molecule has 0 unspecified atom stereocenters. The summed E-state index contributed by atoms with van der Waals surface area (Å²) < 4.78 is 6.50. The van der Waals surface area contributed by atoms with Crippen molar-refractivity contribution in [1.29, 1.82) is 0 Å². The van der Waals surface area contributed by atoms with Crippen LogP contribution in [-0.2, 0) is 4.74 Å². The van der Waals surface area contributed by atoms with Gasteiger partial charge in [0, 0.05) is 44.8 Å². The second-order valence-electron chi connectivity index (χ2n) is 6.91. The fourth-order valence-corrected chi connectivity index (χ4v) is 4.67. The lowest BCUT2D eigenvalue weighted by atomic mass is 10.1. The van der Waals surface area contributed by atoms with Crippen molar-refractivity contribution in [1.82, 2.24) is 14.8 Å². The monoisotopic (exact) mass is 374 g/mol. The average Bonchev–Trinajstić information content (AvgIpc) is 3.12. The van der Waals surface area contributed by atoms with Gasteiger partial charge in [0.05, 0.1) is 23.4 Å². The van der Waals surface area contributed by atoms with E-state index in [1.807, 2.05) is 23.1 Å². The predicted octanol–water partition coefficient (Wildman–Crippen LogP) is 2.30. The van der Waals surface area contributed by atoms with Crippen molar-refractivity contribution >= 4 is 32.6 Å². The summed E-state index contributed by atoms with van der Waals surface area (Å²) in [6, 6.07) is 5.92. The molecule has 1 aromatic heterocycles. The van der Waals surface area contributed by atoms with Gasteiger partial charge in [-0.25, -0.2) is 4.98 Å². The van der Waals surface area contributed by atoms with Crippen molar-refractivity contribution < 1.29 is 9.53 Å². The Labute approximate surface area is 158 Å². The molecule has 2 aliphatic heterocycles. The summed E-state index contributed by atoms with van der Waals surface area (Å²) in [6.07, 6.45) is 1.17. The fraction of sp³-hybridized carbons (Fsp3) is 0.579. The summed E-state index contributed by atoms with van der Waals surface area (Å²) in [6.45, 7) is 10.2. The van der Waals surface area contributed by atoms with Gasteiger partial charge in [-0.05, 0) is 31.2 Å². The van der Waals surface area contributed by atoms with E-state index in [1.54, 1.807) is 11.3 Å². The van der Waals surface area contributed by atoms with E-state index in [9.17, 15) is 4.79 Å². The van der Waals surface area contributed by atoms with Crippen molar-refractivity contribution in [3.05, 3.63) is 23.8 Å². The molecule has 2 aliphatic rings. The molecule has 1 amide bonds. The smallest absolute Gasteiger partial charge is 0.253 e. The van der Waals surface area contributed by atoms with Crippen molar-refractivity contribution in [2.75, 3.05) is 63.9 Å². The molecule has 140 valence electrons. The Morgan fingerprint density at radius 2 is 1.92 bits per heavy atom. The SMILES string of the molecule is CCCN1CCN(C(=O)c2ccc3nc(N4CCOCC4)sc3c2)CC1. The Kier molecular flexibility index (Phi) is 5.38. The van der Waals surface area contributed by atoms with Crippen LogP contribution in [0.25, 0.3) is 10.2 Å². The van der Waals surface area contributed by atoms with Gasteiger partial charge >= 0.3 is 0 Å². The molecule has 26 heavy (non-hydrogen) atoms. The van der Waals surface area contributed by atoms with Gasteiger partial charge in [0.2, 0.25) is 0 Å². The van der Waals surface area contributed by atoms with Gasteiger partial charge in [0.15, 0.2) is 5.13 Å². The molecule has 0 atom stereocenters. The third-order valence-corrected chi connectivity index (χ3v) is 6.18. The van der Waals surface area contributed by atoms with E-state index in [4.69, 9.17) is 9.72 Å². The predicted molar refractivity (Wildman–Crippen MR) is 105 cm³/mol. The minimum atomic E-state index is 0.143. The van der Waals surface area contributed by atoms with Crippen LogP contribution in [-0.4, -0.2) is 79.7 Å². The van der Waals surface area contributed by atoms with Crippen molar-refractivity contribution in [3.63, 3.8) is 0 Å². The van der Waals surface area contributed by atoms with Gasteiger partial charge in [-0.15, -0.1) is 0 Å². The summed E-state index contributed by atoms with van der Waals surface area (Å²) in [5, 5.41) is 1.03. The van der Waals surface area contributed by atoms with E-state index in [2.05, 4.69) is 16.7 Å². The normalized spacial score (nSPS) is 19.3. The highest BCUT2D eigenvalue weighted by Crippen LogP contribution is 2.30. The lowest BCUT2D eigenvalue weighted by Crippen LogP contribution is -2.48. The van der Waals surface area contributed by atoms with Crippen molar-refractivity contribution in [2.24, 2.45) is 0 Å². The van der Waals surface area contributed by atoms with Gasteiger partial charge in [-0.3, -0.25) is 9.69 Å². The van der Waals surface area contributed by atoms with Crippen LogP contribution >= 0.6 is 11.3 Å². The Hall–Kier alpha value is -1.70. The van der Waals surface area contributed by atoms with Crippen LogP contribution in [0.3, 0.4) is 0 Å². The van der Waals surface area contributed by atoms with Crippen LogP contribution in [0.1, 0.15) is 23.7 Å². The molecule has 2 fully saturated rings. The third-order valence-electron chi connectivity index (χ3n) is 5.11. The van der Waals surface area contributed by atoms with Gasteiger partial charge in [-0.1, -0.05) is 18.3 Å². The first-order valence-electron chi connectivity index (χ1n) is 9.49. The van der Waals surface area contributed by atoms with E-state index in [0.29, 0.717) is 0 Å². The number of thiazole rings is 1. The minimum Gasteiger partial charge on any atom is -0.378 e. The van der Waals surface area contributed by atoms with Gasteiger partial charge in [0.25, 0.3) is 5.91 Å². The molecule has 3 heterocycles. The van der Waals surface area contributed by atoms with E-state index in [0.717, 1.165) is 79.9 Å². The Balaban J connectivity index is 1.47. The van der Waals surface area contributed by atoms with Gasteiger partial charge in [0.1, 0.15) is 0 Å². The first kappa shape index (κ1) is 17.7. The van der Waals surface area contributed by atoms with Crippen molar-refractivity contribution in [3.8, 4) is 0 Å². The summed E-state index contributed by atoms with van der Waals surface area (Å²) in [5.41, 5.74) is 1.75. The molecule has 2 saturated heterocycles. The van der Waals surface area contributed by atoms with Crippen LogP contribution in [0.15, 0.2) is 18.2 Å². The quantitative estimate of drug-likeness (QED) is 0.822. The zero-order chi connectivity index (χ0) is 17.9. The molecule has 0 aliphatic carbocycles. The second kappa shape index (κ2) is 7.90. The Bertz CT molecular complexity index is 764. The molecule has 7 heteroatoms. The number of piperazine rings is 1. The number of nitrogens with zero attached hydrogens (tertiary/aromatic N) is 4. The van der Waals surface area contributed by atoms with Gasteiger partial charge in [-0.2, -0.15) is 0 Å². The van der Waals surface area contributed by atoms with Gasteiger partial charge < -0.3 is 14.5 Å². The fourth-order valence-electron chi connectivity index (χ4n) is 3.61. The number of rotatable bonds is 4. The summed E-state index contributed by atoms with van der Waals surface area (Å²) in [5.74, 6) is 0.143. The number of anilines is 1. The zero-order valence-corrected chi connectivity index (χ0v) is 16.1. The highest BCUT2D eigenvalue weighted by Gasteiger charge is 2.22. The number of fused-ring (bicyclic) bond motifs is 1. The van der Waals surface area contributed by atoms with Crippen LogP contribution in [0.2, 0.25) is 0 Å². The number of carbonyl (C=O) groups excluding carboxylic acids is 1. The average molecular weight is 375 g/mol. The first-order chi connectivity index (χ1) is 12.7. The standard InChI is InChI=1S/C19H26N4O2S/c1-2-5-21-6-8-22(9-7-21)18(24)15-3-4-16-17(14-15)26-19(20-16)23-10-12-25-13-11-23/h3-4,14H,2,5-13H2,1H3. The maximum Gasteiger partial charge on any atom is 0.253 e. The van der Waals surface area contributed by atoms with E-state index < -0.39 is 0 Å². The zero-order valence-electron chi connectivity index (χ0n) is 15.3. The molecular weight excluding hydrogens is 348 g/mol. The lowest BCUT2D eigenvalue weighted by molar-refractivity contribution is 0.0637. The van der Waals surface area contributed by atoms with E-state index in [1.165, 1.54) is 6.42 Å². The molecule has 0 bridgehead atoms. The molecular formula is C19H26N4O2S. The highest BCUT2D eigenvalue weighted by molar-refractivity contribution is 7.22. The number of hydrogen-bond donors (Lipinski definition) is 0. The first-order valence-corrected chi connectivity index (χ1v) is 10.3. The minimum absolute atomic E-state index is 0.143. The highest BCUT2D eigenvalue weighted by atomic mass is 32.1. The number of morpholine rings is 1. The maximum atomic E-state index is 12.9. The second-order valence-corrected chi connectivity index (χ2v) is 7.92. The molecule has 2 aromatic rings. The molecule has 4 rings (SSSR count). The molecule has 6 nitrogen and oxygen atoms in total. The molecule has 0 N–H and O–H groups in total. The Morgan fingerprint density at radius 1 is 1.15 bits per heavy atom. The van der Waals surface area contributed by atoms with E-state index >= 15 is 0 Å². The third kappa shape index (κ3) is 3.70. The Morgan fingerprint density at radius 3 is 2.65 bits per heavy atom. The number of benzene rings is 1. The number of hydrogen-bond acceptors (Lipinski definition) is 6. The van der Waals surface area contributed by atoms with Crippen molar-refractivity contribution in [2.45, 2.75) is 13.3 Å². The summed E-state index contributed by atoms with van der Waals surface area (Å²) in [4.78, 5) is 24.3.